The highest BCUT2D eigenvalue weighted by Gasteiger charge is 2.54. The summed E-state index contributed by atoms with van der Waals surface area (Å²) in [5.41, 5.74) is 6.35. The quantitative estimate of drug-likeness (QED) is 0.672. The molecule has 150 valence electrons. The summed E-state index contributed by atoms with van der Waals surface area (Å²) in [5, 5.41) is 5.86. The number of rotatable bonds is 7. The van der Waals surface area contributed by atoms with Gasteiger partial charge in [-0.25, -0.2) is 0 Å². The van der Waals surface area contributed by atoms with Gasteiger partial charge in [0.05, 0.1) is 0 Å². The second-order valence-corrected chi connectivity index (χ2v) is 9.05. The van der Waals surface area contributed by atoms with Crippen molar-refractivity contribution in [1.29, 1.82) is 0 Å². The van der Waals surface area contributed by atoms with Gasteiger partial charge in [0.15, 0.2) is 0 Å². The van der Waals surface area contributed by atoms with Crippen LogP contribution in [0.4, 0.5) is 0 Å². The zero-order chi connectivity index (χ0) is 19.7. The zero-order valence-corrected chi connectivity index (χ0v) is 16.2. The van der Waals surface area contributed by atoms with Crippen molar-refractivity contribution < 1.29 is 14.4 Å². The van der Waals surface area contributed by atoms with Crippen molar-refractivity contribution >= 4 is 17.7 Å². The van der Waals surface area contributed by atoms with Crippen LogP contribution < -0.4 is 16.4 Å². The lowest BCUT2D eigenvalue weighted by Crippen LogP contribution is -2.53. The second kappa shape index (κ2) is 7.57. The van der Waals surface area contributed by atoms with Crippen LogP contribution in [0.25, 0.3) is 0 Å². The van der Waals surface area contributed by atoms with Gasteiger partial charge in [-0.1, -0.05) is 12.1 Å². The maximum Gasteiger partial charge on any atom is 0.248 e. The van der Waals surface area contributed by atoms with Crippen molar-refractivity contribution in [1.82, 2.24) is 10.6 Å². The molecule has 4 N–H and O–H groups in total. The SMILES string of the molecule is NC(=O)c1cccc(CNC(=O)CCNC(=O)C23CC4CC(CC(C4)C2)C3)c1. The average Bonchev–Trinajstić information content (AvgIpc) is 2.65. The van der Waals surface area contributed by atoms with Gasteiger partial charge in [0.1, 0.15) is 0 Å². The van der Waals surface area contributed by atoms with Gasteiger partial charge in [0.25, 0.3) is 0 Å². The van der Waals surface area contributed by atoms with E-state index < -0.39 is 5.91 Å². The molecule has 4 fully saturated rings. The van der Waals surface area contributed by atoms with Crippen molar-refractivity contribution in [3.05, 3.63) is 35.4 Å². The number of benzene rings is 1. The smallest absolute Gasteiger partial charge is 0.248 e. The molecule has 1 aromatic carbocycles. The molecule has 1 aromatic rings. The number of carbonyl (C=O) groups excluding carboxylic acids is 3. The van der Waals surface area contributed by atoms with Crippen LogP contribution in [0.3, 0.4) is 0 Å². The van der Waals surface area contributed by atoms with Crippen molar-refractivity contribution in [2.45, 2.75) is 51.5 Å². The maximum absolute atomic E-state index is 12.9. The first-order valence-electron chi connectivity index (χ1n) is 10.4. The van der Waals surface area contributed by atoms with Crippen LogP contribution in [-0.2, 0) is 16.1 Å². The van der Waals surface area contributed by atoms with E-state index in [4.69, 9.17) is 5.73 Å². The Morgan fingerprint density at radius 2 is 1.64 bits per heavy atom. The lowest BCUT2D eigenvalue weighted by molar-refractivity contribution is -0.146. The van der Waals surface area contributed by atoms with Gasteiger partial charge in [-0.3, -0.25) is 14.4 Å². The fourth-order valence-corrected chi connectivity index (χ4v) is 5.99. The Balaban J connectivity index is 1.22. The van der Waals surface area contributed by atoms with Crippen molar-refractivity contribution in [3.63, 3.8) is 0 Å². The van der Waals surface area contributed by atoms with Crippen LogP contribution in [-0.4, -0.2) is 24.3 Å². The summed E-state index contributed by atoms with van der Waals surface area (Å²) in [7, 11) is 0. The van der Waals surface area contributed by atoms with Gasteiger partial charge < -0.3 is 16.4 Å². The molecule has 0 unspecified atom stereocenters. The highest BCUT2D eigenvalue weighted by molar-refractivity contribution is 5.92. The van der Waals surface area contributed by atoms with Gasteiger partial charge >= 0.3 is 0 Å². The molecule has 4 saturated carbocycles. The molecular weight excluding hydrogens is 354 g/mol. The Morgan fingerprint density at radius 3 is 2.25 bits per heavy atom. The Morgan fingerprint density at radius 1 is 1.00 bits per heavy atom. The van der Waals surface area contributed by atoms with E-state index in [-0.39, 0.29) is 23.7 Å². The molecule has 0 saturated heterocycles. The first kappa shape index (κ1) is 19.0. The van der Waals surface area contributed by atoms with Crippen LogP contribution >= 0.6 is 0 Å². The van der Waals surface area contributed by atoms with Crippen LogP contribution in [0, 0.1) is 23.2 Å². The van der Waals surface area contributed by atoms with E-state index in [1.165, 1.54) is 19.3 Å². The molecule has 4 aliphatic rings. The van der Waals surface area contributed by atoms with E-state index in [0.29, 0.717) is 18.7 Å². The largest absolute Gasteiger partial charge is 0.366 e. The standard InChI is InChI=1S/C22H29N3O3/c23-20(27)18-3-1-2-14(9-18)13-25-19(26)4-5-24-21(28)22-10-15-6-16(11-22)8-17(7-15)12-22/h1-3,9,15-17H,4-8,10-13H2,(H2,23,27)(H,24,28)(H,25,26). The minimum atomic E-state index is -0.486. The van der Waals surface area contributed by atoms with Crippen LogP contribution in [0.5, 0.6) is 0 Å². The van der Waals surface area contributed by atoms with Gasteiger partial charge in [0.2, 0.25) is 17.7 Å². The summed E-state index contributed by atoms with van der Waals surface area (Å²) in [6, 6.07) is 6.90. The molecule has 0 aliphatic heterocycles. The summed E-state index contributed by atoms with van der Waals surface area (Å²) >= 11 is 0. The van der Waals surface area contributed by atoms with Gasteiger partial charge in [-0.15, -0.1) is 0 Å². The number of amides is 3. The molecule has 0 heterocycles. The van der Waals surface area contributed by atoms with Crippen molar-refractivity contribution in [2.75, 3.05) is 6.54 Å². The summed E-state index contributed by atoms with van der Waals surface area (Å²) in [4.78, 5) is 36.2. The monoisotopic (exact) mass is 383 g/mol. The number of hydrogen-bond acceptors (Lipinski definition) is 3. The number of carbonyl (C=O) groups is 3. The molecule has 3 amide bonds. The van der Waals surface area contributed by atoms with E-state index in [9.17, 15) is 14.4 Å². The highest BCUT2D eigenvalue weighted by atomic mass is 16.2. The molecule has 0 spiro atoms. The van der Waals surface area contributed by atoms with Crippen LogP contribution in [0.15, 0.2) is 24.3 Å². The molecule has 0 aromatic heterocycles. The zero-order valence-electron chi connectivity index (χ0n) is 16.2. The first-order valence-corrected chi connectivity index (χ1v) is 10.4. The van der Waals surface area contributed by atoms with E-state index in [1.807, 2.05) is 6.07 Å². The van der Waals surface area contributed by atoms with E-state index in [0.717, 1.165) is 42.6 Å². The van der Waals surface area contributed by atoms with E-state index in [1.54, 1.807) is 18.2 Å². The molecule has 6 heteroatoms. The van der Waals surface area contributed by atoms with Crippen LogP contribution in [0.2, 0.25) is 0 Å². The molecule has 28 heavy (non-hydrogen) atoms. The number of hydrogen-bond donors (Lipinski definition) is 3. The van der Waals surface area contributed by atoms with Crippen LogP contribution in [0.1, 0.15) is 60.9 Å². The number of nitrogens with one attached hydrogen (secondary N) is 2. The van der Waals surface area contributed by atoms with E-state index in [2.05, 4.69) is 10.6 Å². The maximum atomic E-state index is 12.9. The summed E-state index contributed by atoms with van der Waals surface area (Å²) < 4.78 is 0. The Labute approximate surface area is 165 Å². The molecule has 6 nitrogen and oxygen atoms in total. The third-order valence-electron chi connectivity index (χ3n) is 6.86. The predicted molar refractivity (Wildman–Crippen MR) is 105 cm³/mol. The van der Waals surface area contributed by atoms with Crippen molar-refractivity contribution in [2.24, 2.45) is 28.9 Å². The third-order valence-corrected chi connectivity index (χ3v) is 6.86. The average molecular weight is 383 g/mol. The first-order chi connectivity index (χ1) is 13.4. The predicted octanol–water partition coefficient (Wildman–Crippen LogP) is 2.12. The fraction of sp³-hybridized carbons (Fsp3) is 0.591. The second-order valence-electron chi connectivity index (χ2n) is 9.05. The molecule has 5 rings (SSSR count). The Hall–Kier alpha value is -2.37. The summed E-state index contributed by atoms with van der Waals surface area (Å²) in [6.45, 7) is 0.705. The summed E-state index contributed by atoms with van der Waals surface area (Å²) in [5.74, 6) is 1.76. The molecule has 4 bridgehead atoms. The van der Waals surface area contributed by atoms with Crippen molar-refractivity contribution in [3.8, 4) is 0 Å². The Kier molecular flexibility index (Phi) is 5.13. The minimum absolute atomic E-state index is 0.115. The van der Waals surface area contributed by atoms with E-state index >= 15 is 0 Å². The normalized spacial score (nSPS) is 30.1. The Bertz CT molecular complexity index is 754. The summed E-state index contributed by atoms with van der Waals surface area (Å²) in [6.07, 6.45) is 7.30. The highest BCUT2D eigenvalue weighted by Crippen LogP contribution is 2.60. The fourth-order valence-electron chi connectivity index (χ4n) is 5.99. The number of nitrogens with two attached hydrogens (primary N) is 1. The third kappa shape index (κ3) is 3.91. The lowest BCUT2D eigenvalue weighted by Gasteiger charge is -2.55. The minimum Gasteiger partial charge on any atom is -0.366 e. The number of primary amides is 1. The van der Waals surface area contributed by atoms with Gasteiger partial charge in [-0.05, 0) is 74.0 Å². The lowest BCUT2D eigenvalue weighted by atomic mass is 9.49. The molecule has 0 atom stereocenters. The topological polar surface area (TPSA) is 101 Å². The molecular formula is C22H29N3O3. The van der Waals surface area contributed by atoms with Gasteiger partial charge in [-0.2, -0.15) is 0 Å². The molecule has 4 aliphatic carbocycles. The van der Waals surface area contributed by atoms with Gasteiger partial charge in [0, 0.05) is 30.5 Å². The molecule has 0 radical (unpaired) electrons.